The summed E-state index contributed by atoms with van der Waals surface area (Å²) in [6.07, 6.45) is 0. The van der Waals surface area contributed by atoms with Crippen LogP contribution in [-0.4, -0.2) is 19.1 Å². The summed E-state index contributed by atoms with van der Waals surface area (Å²) in [5.41, 5.74) is 0.838. The summed E-state index contributed by atoms with van der Waals surface area (Å²) < 4.78 is 0. The third kappa shape index (κ3) is 4.72. The zero-order valence-electron chi connectivity index (χ0n) is 9.01. The van der Waals surface area contributed by atoms with Crippen molar-refractivity contribution in [2.24, 2.45) is 0 Å². The molecule has 0 unspecified atom stereocenters. The number of amides is 2. The lowest BCUT2D eigenvalue weighted by molar-refractivity contribution is 0.242. The molecule has 1 rings (SSSR count). The van der Waals surface area contributed by atoms with E-state index in [1.807, 2.05) is 19.1 Å². The molecule has 0 heterocycles. The van der Waals surface area contributed by atoms with Crippen molar-refractivity contribution in [1.82, 2.24) is 10.6 Å². The van der Waals surface area contributed by atoms with Gasteiger partial charge in [0, 0.05) is 17.1 Å². The number of carbonyl (C=O) groups is 1. The van der Waals surface area contributed by atoms with Gasteiger partial charge < -0.3 is 10.6 Å². The maximum Gasteiger partial charge on any atom is 0.315 e. The highest BCUT2D eigenvalue weighted by Crippen LogP contribution is 2.08. The highest BCUT2D eigenvalue weighted by atomic mass is 35.5. The van der Waals surface area contributed by atoms with Crippen molar-refractivity contribution in [3.05, 3.63) is 34.9 Å². The van der Waals surface area contributed by atoms with Gasteiger partial charge >= 0.3 is 6.03 Å². The smallest absolute Gasteiger partial charge is 0.315 e. The molecular weight excluding hydrogens is 224 g/mol. The van der Waals surface area contributed by atoms with Gasteiger partial charge in [-0.15, -0.1) is 0 Å². The lowest BCUT2D eigenvalue weighted by Crippen LogP contribution is -2.35. The number of halogens is 1. The molecule has 1 aromatic rings. The summed E-state index contributed by atoms with van der Waals surface area (Å²) in [7, 11) is 0. The zero-order chi connectivity index (χ0) is 11.8. The summed E-state index contributed by atoms with van der Waals surface area (Å²) in [6, 6.07) is 7.07. The van der Waals surface area contributed by atoms with Crippen LogP contribution in [0.1, 0.15) is 12.5 Å². The summed E-state index contributed by atoms with van der Waals surface area (Å²) in [6.45, 7) is 2.78. The van der Waals surface area contributed by atoms with Crippen LogP contribution in [0.25, 0.3) is 0 Å². The standard InChI is InChI=1S/C12H13ClN2O/c1-2-14-12(16)15-8-4-6-10-5-3-7-11(13)9-10/h3,5,7,9H,2,8H2,1H3,(H2,14,15,16). The molecular formula is C12H13ClN2O. The van der Waals surface area contributed by atoms with E-state index in [1.165, 1.54) is 0 Å². The van der Waals surface area contributed by atoms with Crippen molar-refractivity contribution >= 4 is 17.6 Å². The molecule has 84 valence electrons. The molecule has 0 aromatic heterocycles. The Labute approximate surface area is 100 Å². The fourth-order valence-corrected chi connectivity index (χ4v) is 1.25. The van der Waals surface area contributed by atoms with E-state index in [1.54, 1.807) is 12.1 Å². The largest absolute Gasteiger partial charge is 0.338 e. The fraction of sp³-hybridized carbons (Fsp3) is 0.250. The van der Waals surface area contributed by atoms with Gasteiger partial charge in [0.05, 0.1) is 6.54 Å². The second-order valence-corrected chi connectivity index (χ2v) is 3.46. The maximum atomic E-state index is 11.0. The van der Waals surface area contributed by atoms with Gasteiger partial charge in [-0.05, 0) is 25.1 Å². The number of benzene rings is 1. The monoisotopic (exact) mass is 236 g/mol. The topological polar surface area (TPSA) is 41.1 Å². The van der Waals surface area contributed by atoms with E-state index in [0.29, 0.717) is 18.1 Å². The van der Waals surface area contributed by atoms with Crippen molar-refractivity contribution < 1.29 is 4.79 Å². The number of hydrogen-bond acceptors (Lipinski definition) is 1. The third-order valence-electron chi connectivity index (χ3n) is 1.73. The molecule has 2 amide bonds. The normalized spacial score (nSPS) is 8.88. The molecule has 16 heavy (non-hydrogen) atoms. The van der Waals surface area contributed by atoms with E-state index in [-0.39, 0.29) is 6.03 Å². The third-order valence-corrected chi connectivity index (χ3v) is 1.97. The van der Waals surface area contributed by atoms with Crippen LogP contribution in [0.5, 0.6) is 0 Å². The second kappa shape index (κ2) is 6.76. The molecule has 0 aliphatic rings. The Hall–Kier alpha value is -1.66. The molecule has 3 nitrogen and oxygen atoms in total. The van der Waals surface area contributed by atoms with Crippen LogP contribution in [0, 0.1) is 11.8 Å². The van der Waals surface area contributed by atoms with Crippen molar-refractivity contribution in [2.45, 2.75) is 6.92 Å². The molecule has 0 saturated heterocycles. The first kappa shape index (κ1) is 12.4. The number of nitrogens with one attached hydrogen (secondary N) is 2. The van der Waals surface area contributed by atoms with Gasteiger partial charge in [0.1, 0.15) is 0 Å². The zero-order valence-corrected chi connectivity index (χ0v) is 9.77. The molecule has 0 saturated carbocycles. The predicted octanol–water partition coefficient (Wildman–Crippen LogP) is 2.01. The van der Waals surface area contributed by atoms with Crippen LogP contribution in [0.2, 0.25) is 5.02 Å². The van der Waals surface area contributed by atoms with Gasteiger partial charge in [-0.25, -0.2) is 4.79 Å². The van der Waals surface area contributed by atoms with Crippen molar-refractivity contribution in [3.63, 3.8) is 0 Å². The van der Waals surface area contributed by atoms with Crippen LogP contribution >= 0.6 is 11.6 Å². The van der Waals surface area contributed by atoms with E-state index >= 15 is 0 Å². The van der Waals surface area contributed by atoms with Crippen molar-refractivity contribution in [3.8, 4) is 11.8 Å². The lowest BCUT2D eigenvalue weighted by Gasteiger charge is -2.00. The molecule has 0 radical (unpaired) electrons. The van der Waals surface area contributed by atoms with E-state index in [4.69, 9.17) is 11.6 Å². The number of urea groups is 1. The molecule has 0 aliphatic heterocycles. The lowest BCUT2D eigenvalue weighted by atomic mass is 10.2. The molecule has 0 atom stereocenters. The first-order valence-corrected chi connectivity index (χ1v) is 5.36. The van der Waals surface area contributed by atoms with Crippen LogP contribution in [0.15, 0.2) is 24.3 Å². The van der Waals surface area contributed by atoms with Crippen LogP contribution in [-0.2, 0) is 0 Å². The van der Waals surface area contributed by atoms with Gasteiger partial charge in [0.15, 0.2) is 0 Å². The van der Waals surface area contributed by atoms with Gasteiger partial charge in [-0.1, -0.05) is 29.5 Å². The van der Waals surface area contributed by atoms with Crippen molar-refractivity contribution in [1.29, 1.82) is 0 Å². The van der Waals surface area contributed by atoms with Crippen LogP contribution < -0.4 is 10.6 Å². The summed E-state index contributed by atoms with van der Waals surface area (Å²) in [5.74, 6) is 5.74. The summed E-state index contributed by atoms with van der Waals surface area (Å²) in [5, 5.41) is 5.88. The van der Waals surface area contributed by atoms with Crippen LogP contribution in [0.3, 0.4) is 0 Å². The molecule has 0 bridgehead atoms. The molecule has 0 fully saturated rings. The number of hydrogen-bond donors (Lipinski definition) is 2. The second-order valence-electron chi connectivity index (χ2n) is 3.03. The molecule has 0 spiro atoms. The minimum absolute atomic E-state index is 0.206. The maximum absolute atomic E-state index is 11.0. The molecule has 4 heteroatoms. The first-order valence-electron chi connectivity index (χ1n) is 4.98. The number of carbonyl (C=O) groups excluding carboxylic acids is 1. The average molecular weight is 237 g/mol. The minimum Gasteiger partial charge on any atom is -0.338 e. The Morgan fingerprint density at radius 1 is 1.44 bits per heavy atom. The Balaban J connectivity index is 2.41. The van der Waals surface area contributed by atoms with E-state index in [2.05, 4.69) is 22.5 Å². The van der Waals surface area contributed by atoms with Gasteiger partial charge in [-0.3, -0.25) is 0 Å². The Morgan fingerprint density at radius 3 is 2.94 bits per heavy atom. The van der Waals surface area contributed by atoms with Gasteiger partial charge in [0.25, 0.3) is 0 Å². The fourth-order valence-electron chi connectivity index (χ4n) is 1.06. The molecule has 1 aromatic carbocycles. The SMILES string of the molecule is CCNC(=O)NCC#Cc1cccc(Cl)c1. The Bertz CT molecular complexity index is 421. The average Bonchev–Trinajstić information content (AvgIpc) is 2.25. The quantitative estimate of drug-likeness (QED) is 0.758. The summed E-state index contributed by atoms with van der Waals surface area (Å²) in [4.78, 5) is 11.0. The molecule has 0 aliphatic carbocycles. The molecule has 2 N–H and O–H groups in total. The Morgan fingerprint density at radius 2 is 2.25 bits per heavy atom. The highest BCUT2D eigenvalue weighted by molar-refractivity contribution is 6.30. The van der Waals surface area contributed by atoms with E-state index in [9.17, 15) is 4.79 Å². The van der Waals surface area contributed by atoms with E-state index < -0.39 is 0 Å². The van der Waals surface area contributed by atoms with Gasteiger partial charge in [0.2, 0.25) is 0 Å². The number of rotatable bonds is 2. The first-order chi connectivity index (χ1) is 7.72. The van der Waals surface area contributed by atoms with Gasteiger partial charge in [-0.2, -0.15) is 0 Å². The van der Waals surface area contributed by atoms with Crippen LogP contribution in [0.4, 0.5) is 4.79 Å². The highest BCUT2D eigenvalue weighted by Gasteiger charge is 1.92. The predicted molar refractivity (Wildman–Crippen MR) is 65.4 cm³/mol. The van der Waals surface area contributed by atoms with Crippen molar-refractivity contribution in [2.75, 3.05) is 13.1 Å². The Kier molecular flexibility index (Phi) is 5.24. The minimum atomic E-state index is -0.206. The summed E-state index contributed by atoms with van der Waals surface area (Å²) >= 11 is 5.80. The van der Waals surface area contributed by atoms with E-state index in [0.717, 1.165) is 5.56 Å².